The first-order valence-electron chi connectivity index (χ1n) is 15.1. The summed E-state index contributed by atoms with van der Waals surface area (Å²) in [4.78, 5) is 3.81. The molecule has 8 aromatic rings. The molecule has 4 heteroatoms. The molecule has 0 radical (unpaired) electrons. The summed E-state index contributed by atoms with van der Waals surface area (Å²) in [6, 6.07) is 44.6. The highest BCUT2D eigenvalue weighted by Gasteiger charge is 2.38. The smallest absolute Gasteiger partial charge is 0.188 e. The lowest BCUT2D eigenvalue weighted by atomic mass is 9.80. The molecule has 0 saturated carbocycles. The van der Waals surface area contributed by atoms with E-state index >= 15 is 0 Å². The Bertz CT molecular complexity index is 2650. The van der Waals surface area contributed by atoms with Crippen molar-refractivity contribution in [2.45, 2.75) is 19.3 Å². The van der Waals surface area contributed by atoms with Crippen molar-refractivity contribution in [1.82, 2.24) is 9.13 Å². The van der Waals surface area contributed by atoms with E-state index in [0.717, 1.165) is 49.6 Å². The summed E-state index contributed by atoms with van der Waals surface area (Å²) in [6.07, 6.45) is 0. The summed E-state index contributed by atoms with van der Waals surface area (Å²) in [5, 5.41) is 14.1. The van der Waals surface area contributed by atoms with Gasteiger partial charge < -0.3 is 9.13 Å². The second-order valence-corrected chi connectivity index (χ2v) is 12.4. The van der Waals surface area contributed by atoms with Gasteiger partial charge in [0.1, 0.15) is 0 Å². The number of hydrogen-bond donors (Lipinski definition) is 0. The maximum Gasteiger partial charge on any atom is 0.188 e. The highest BCUT2D eigenvalue weighted by Crippen LogP contribution is 2.53. The van der Waals surface area contributed by atoms with Gasteiger partial charge in [-0.05, 0) is 88.3 Å². The van der Waals surface area contributed by atoms with E-state index in [0.29, 0.717) is 11.3 Å². The van der Waals surface area contributed by atoms with E-state index in [1.165, 1.54) is 27.6 Å². The number of para-hydroxylation sites is 1. The third-order valence-electron chi connectivity index (χ3n) is 9.71. The average molecular weight is 575 g/mol. The molecule has 210 valence electrons. The van der Waals surface area contributed by atoms with E-state index in [9.17, 15) is 5.26 Å². The monoisotopic (exact) mass is 574 g/mol. The Morgan fingerprint density at radius 3 is 2.13 bits per heavy atom. The van der Waals surface area contributed by atoms with Crippen LogP contribution in [0.1, 0.15) is 30.5 Å². The summed E-state index contributed by atoms with van der Waals surface area (Å²) in [5.74, 6) is 0. The number of benzene rings is 6. The number of nitriles is 1. The van der Waals surface area contributed by atoms with E-state index in [-0.39, 0.29) is 5.41 Å². The fourth-order valence-corrected chi connectivity index (χ4v) is 7.81. The molecular formula is C41H26N4. The lowest BCUT2D eigenvalue weighted by molar-refractivity contribution is 0.666. The molecule has 9 rings (SSSR count). The lowest BCUT2D eigenvalue weighted by Crippen LogP contribution is -2.15. The van der Waals surface area contributed by atoms with Crippen LogP contribution in [0.2, 0.25) is 0 Å². The van der Waals surface area contributed by atoms with Crippen molar-refractivity contribution in [3.05, 3.63) is 149 Å². The Balaban J connectivity index is 1.35. The zero-order chi connectivity index (χ0) is 30.4. The molecule has 0 amide bonds. The fourth-order valence-electron chi connectivity index (χ4n) is 7.81. The Hall–Kier alpha value is -6.10. The molecule has 1 aliphatic carbocycles. The number of rotatable bonds is 2. The third-order valence-corrected chi connectivity index (χ3v) is 9.71. The standard InChI is InChI=1S/C41H26N4/c1-41(2)34-13-6-4-11-29(34)31-17-20-38-39(40(31)41)33-22-26(43-3)16-19-37(33)45(38)28-10-8-9-27(23-28)44-35-14-7-5-12-30(35)32-21-25(24-42)15-18-36(32)44/h4-23H,1-2H3. The lowest BCUT2D eigenvalue weighted by Gasteiger charge is -2.22. The highest BCUT2D eigenvalue weighted by atomic mass is 15.0. The molecule has 6 aromatic carbocycles. The quantitative estimate of drug-likeness (QED) is 0.189. The number of hydrogen-bond acceptors (Lipinski definition) is 1. The molecule has 0 fully saturated rings. The van der Waals surface area contributed by atoms with Gasteiger partial charge in [-0.25, -0.2) is 4.85 Å². The summed E-state index contributed by atoms with van der Waals surface area (Å²) in [6.45, 7) is 12.4. The van der Waals surface area contributed by atoms with Gasteiger partial charge in [-0.2, -0.15) is 5.26 Å². The SMILES string of the molecule is [C-]#[N+]c1ccc2c(c1)c1c3c(ccc1n2-c1cccc(-n2c4ccccc4c4cc(C#N)ccc42)c1)-c1ccccc1C3(C)C. The molecule has 2 aromatic heterocycles. The first-order chi connectivity index (χ1) is 22.0. The zero-order valence-corrected chi connectivity index (χ0v) is 24.8. The molecule has 0 N–H and O–H groups in total. The molecule has 45 heavy (non-hydrogen) atoms. The summed E-state index contributed by atoms with van der Waals surface area (Å²) < 4.78 is 4.64. The van der Waals surface area contributed by atoms with Gasteiger partial charge in [-0.3, -0.25) is 0 Å². The molecule has 0 bridgehead atoms. The van der Waals surface area contributed by atoms with Crippen molar-refractivity contribution in [2.75, 3.05) is 0 Å². The average Bonchev–Trinajstić information content (AvgIpc) is 3.67. The first-order valence-corrected chi connectivity index (χ1v) is 15.1. The minimum Gasteiger partial charge on any atom is -0.309 e. The Labute approximate surface area is 260 Å². The second kappa shape index (κ2) is 8.96. The van der Waals surface area contributed by atoms with Crippen LogP contribution < -0.4 is 0 Å². The zero-order valence-electron chi connectivity index (χ0n) is 24.8. The maximum atomic E-state index is 9.61. The van der Waals surface area contributed by atoms with Crippen molar-refractivity contribution in [1.29, 1.82) is 5.26 Å². The van der Waals surface area contributed by atoms with Crippen LogP contribution in [0.15, 0.2) is 121 Å². The molecule has 4 nitrogen and oxygen atoms in total. The number of aromatic nitrogens is 2. The highest BCUT2D eigenvalue weighted by molar-refractivity contribution is 6.15. The van der Waals surface area contributed by atoms with Crippen LogP contribution in [0, 0.1) is 17.9 Å². The maximum absolute atomic E-state index is 9.61. The van der Waals surface area contributed by atoms with E-state index in [2.05, 4.69) is 137 Å². The molecule has 2 heterocycles. The Kier molecular flexibility index (Phi) is 5.06. The van der Waals surface area contributed by atoms with Crippen LogP contribution in [0.25, 0.3) is 71.0 Å². The van der Waals surface area contributed by atoms with Crippen molar-refractivity contribution in [2.24, 2.45) is 0 Å². The van der Waals surface area contributed by atoms with E-state index in [1.807, 2.05) is 18.2 Å². The minimum absolute atomic E-state index is 0.189. The van der Waals surface area contributed by atoms with Crippen LogP contribution >= 0.6 is 0 Å². The van der Waals surface area contributed by atoms with Crippen LogP contribution in [-0.4, -0.2) is 9.13 Å². The predicted molar refractivity (Wildman–Crippen MR) is 184 cm³/mol. The van der Waals surface area contributed by atoms with Crippen LogP contribution in [-0.2, 0) is 5.41 Å². The van der Waals surface area contributed by atoms with Gasteiger partial charge >= 0.3 is 0 Å². The van der Waals surface area contributed by atoms with Gasteiger partial charge in [0.05, 0.1) is 40.3 Å². The molecule has 0 spiro atoms. The molecule has 0 atom stereocenters. The van der Waals surface area contributed by atoms with Gasteiger partial charge in [0.2, 0.25) is 0 Å². The van der Waals surface area contributed by atoms with Crippen molar-refractivity contribution in [3.8, 4) is 28.6 Å². The molecule has 1 aliphatic rings. The Morgan fingerprint density at radius 1 is 0.622 bits per heavy atom. The van der Waals surface area contributed by atoms with Crippen LogP contribution in [0.4, 0.5) is 5.69 Å². The summed E-state index contributed by atoms with van der Waals surface area (Å²) in [5.41, 5.74) is 12.8. The predicted octanol–water partition coefficient (Wildman–Crippen LogP) is 10.6. The fraction of sp³-hybridized carbons (Fsp3) is 0.0732. The van der Waals surface area contributed by atoms with Crippen molar-refractivity contribution < 1.29 is 0 Å². The normalized spacial score (nSPS) is 13.2. The van der Waals surface area contributed by atoms with E-state index < -0.39 is 0 Å². The van der Waals surface area contributed by atoms with Crippen LogP contribution in [0.3, 0.4) is 0 Å². The van der Waals surface area contributed by atoms with Crippen molar-refractivity contribution in [3.63, 3.8) is 0 Å². The molecule has 0 saturated heterocycles. The molecule has 0 unspecified atom stereocenters. The molecule has 0 aliphatic heterocycles. The summed E-state index contributed by atoms with van der Waals surface area (Å²) >= 11 is 0. The van der Waals surface area contributed by atoms with E-state index in [1.54, 1.807) is 0 Å². The topological polar surface area (TPSA) is 38.0 Å². The van der Waals surface area contributed by atoms with Gasteiger partial charge in [-0.15, -0.1) is 0 Å². The number of fused-ring (bicyclic) bond motifs is 10. The summed E-state index contributed by atoms with van der Waals surface area (Å²) in [7, 11) is 0. The van der Waals surface area contributed by atoms with Gasteiger partial charge in [0.25, 0.3) is 0 Å². The minimum atomic E-state index is -0.189. The Morgan fingerprint density at radius 2 is 1.31 bits per heavy atom. The van der Waals surface area contributed by atoms with Crippen molar-refractivity contribution >= 4 is 49.3 Å². The van der Waals surface area contributed by atoms with E-state index in [4.69, 9.17) is 6.57 Å². The second-order valence-electron chi connectivity index (χ2n) is 12.4. The van der Waals surface area contributed by atoms with Gasteiger partial charge in [0.15, 0.2) is 5.69 Å². The molecular weight excluding hydrogens is 548 g/mol. The van der Waals surface area contributed by atoms with Crippen LogP contribution in [0.5, 0.6) is 0 Å². The third kappa shape index (κ3) is 3.34. The first kappa shape index (κ1) is 25.4. The largest absolute Gasteiger partial charge is 0.309 e. The van der Waals surface area contributed by atoms with Gasteiger partial charge in [0, 0.05) is 32.9 Å². The van der Waals surface area contributed by atoms with Gasteiger partial charge in [-0.1, -0.05) is 74.5 Å². The number of nitrogens with zero attached hydrogens (tertiary/aromatic N) is 4.